The van der Waals surface area contributed by atoms with E-state index in [0.717, 1.165) is 18.1 Å². The lowest BCUT2D eigenvalue weighted by Gasteiger charge is -2.20. The van der Waals surface area contributed by atoms with Gasteiger partial charge < -0.3 is 4.18 Å². The molecule has 0 saturated carbocycles. The monoisotopic (exact) mass is 514 g/mol. The van der Waals surface area contributed by atoms with Crippen molar-refractivity contribution >= 4 is 18.2 Å². The lowest BCUT2D eigenvalue weighted by molar-refractivity contribution is -0.0519. The molecule has 2 rings (SSSR count). The Bertz CT molecular complexity index is 1260. The molecule has 0 amide bonds. The van der Waals surface area contributed by atoms with Crippen LogP contribution >= 0.6 is 0 Å². The van der Waals surface area contributed by atoms with Crippen LogP contribution in [0.25, 0.3) is 0 Å². The molecule has 0 radical (unpaired) electrons. The minimum absolute atomic E-state index is 0.246. The normalized spacial score (nSPS) is 11.0. The number of alkyl halides is 3. The van der Waals surface area contributed by atoms with Gasteiger partial charge >= 0.3 is 15.6 Å². The molecular formula is C27H25F3O3SSi. The Balaban J connectivity index is 2.80. The summed E-state index contributed by atoms with van der Waals surface area (Å²) in [5, 5.41) is 0. The highest BCUT2D eigenvalue weighted by molar-refractivity contribution is 7.87. The van der Waals surface area contributed by atoms with Crippen LogP contribution in [0.15, 0.2) is 72.0 Å². The van der Waals surface area contributed by atoms with Gasteiger partial charge in [-0.05, 0) is 60.2 Å². The SMILES string of the molecule is CC[Si](C#CC(OS(=O)(=O)C(F)(F)F)=C(C#Cc1ccccc1)C#Cc1ccccc1)(CC)CC. The van der Waals surface area contributed by atoms with Crippen molar-refractivity contribution in [1.29, 1.82) is 0 Å². The molecule has 2 aromatic rings. The standard InChI is InChI=1S/C27H25F3O3SSi/c1-4-35(5-2,6-3)22-21-26(33-34(31,32)27(28,29)30)25(19-17-23-13-9-7-10-14-23)20-18-24-15-11-8-12-16-24/h7-16H,4-6H2,1-3H3. The van der Waals surface area contributed by atoms with Gasteiger partial charge in [0.2, 0.25) is 5.76 Å². The average molecular weight is 515 g/mol. The zero-order valence-electron chi connectivity index (χ0n) is 19.7. The Kier molecular flexibility index (Phi) is 9.84. The number of hydrogen-bond acceptors (Lipinski definition) is 3. The number of hydrogen-bond donors (Lipinski definition) is 0. The van der Waals surface area contributed by atoms with E-state index in [1.54, 1.807) is 60.7 Å². The number of rotatable bonds is 5. The quantitative estimate of drug-likeness (QED) is 0.156. The maximum Gasteiger partial charge on any atom is 0.534 e. The van der Waals surface area contributed by atoms with Crippen LogP contribution in [0.3, 0.4) is 0 Å². The molecule has 0 aliphatic rings. The van der Waals surface area contributed by atoms with Gasteiger partial charge in [0.15, 0.2) is 0 Å². The van der Waals surface area contributed by atoms with E-state index in [1.165, 1.54) is 0 Å². The van der Waals surface area contributed by atoms with Crippen molar-refractivity contribution in [2.75, 3.05) is 0 Å². The highest BCUT2D eigenvalue weighted by atomic mass is 32.2. The Labute approximate surface area is 206 Å². The van der Waals surface area contributed by atoms with Crippen molar-refractivity contribution in [1.82, 2.24) is 0 Å². The Morgan fingerprint density at radius 1 is 0.800 bits per heavy atom. The minimum Gasteiger partial charge on any atom is -0.365 e. The highest BCUT2D eigenvalue weighted by Gasteiger charge is 2.49. The van der Waals surface area contributed by atoms with Gasteiger partial charge in [0.1, 0.15) is 13.6 Å². The fourth-order valence-corrected chi connectivity index (χ4v) is 5.79. The fraction of sp³-hybridized carbons (Fsp3) is 0.259. The van der Waals surface area contributed by atoms with Crippen LogP contribution < -0.4 is 0 Å². The summed E-state index contributed by atoms with van der Waals surface area (Å²) in [6.45, 7) is 5.90. The number of halogens is 3. The molecule has 182 valence electrons. The van der Waals surface area contributed by atoms with Gasteiger partial charge in [-0.3, -0.25) is 0 Å². The molecule has 8 heteroatoms. The summed E-state index contributed by atoms with van der Waals surface area (Å²) in [6, 6.07) is 19.7. The van der Waals surface area contributed by atoms with Crippen molar-refractivity contribution in [2.24, 2.45) is 0 Å². The van der Waals surface area contributed by atoms with Crippen LogP contribution in [0.5, 0.6) is 0 Å². The predicted molar refractivity (Wildman–Crippen MR) is 135 cm³/mol. The van der Waals surface area contributed by atoms with Crippen LogP contribution in [0.4, 0.5) is 13.2 Å². The van der Waals surface area contributed by atoms with Gasteiger partial charge in [-0.1, -0.05) is 69.0 Å². The summed E-state index contributed by atoms with van der Waals surface area (Å²) in [5.41, 5.74) is -1.67. The van der Waals surface area contributed by atoms with E-state index in [9.17, 15) is 21.6 Å². The van der Waals surface area contributed by atoms with Crippen LogP contribution in [0.1, 0.15) is 31.9 Å². The highest BCUT2D eigenvalue weighted by Crippen LogP contribution is 2.28. The first-order valence-electron chi connectivity index (χ1n) is 11.0. The van der Waals surface area contributed by atoms with Crippen molar-refractivity contribution in [3.63, 3.8) is 0 Å². The first kappa shape index (κ1) is 27.9. The molecule has 0 aromatic heterocycles. The summed E-state index contributed by atoms with van der Waals surface area (Å²) in [6.07, 6.45) is 0. The van der Waals surface area contributed by atoms with Crippen molar-refractivity contribution in [3.05, 3.63) is 83.1 Å². The molecule has 35 heavy (non-hydrogen) atoms. The van der Waals surface area contributed by atoms with Gasteiger partial charge in [0.25, 0.3) is 0 Å². The van der Waals surface area contributed by atoms with Crippen molar-refractivity contribution < 1.29 is 25.8 Å². The maximum atomic E-state index is 13.2. The van der Waals surface area contributed by atoms with Gasteiger partial charge in [0, 0.05) is 11.1 Å². The molecule has 0 unspecified atom stereocenters. The molecule has 0 bridgehead atoms. The minimum atomic E-state index is -5.98. The third kappa shape index (κ3) is 8.11. The second kappa shape index (κ2) is 12.4. The Hall–Kier alpha value is -3.38. The molecule has 2 aromatic carbocycles. The van der Waals surface area contributed by atoms with Gasteiger partial charge in [-0.15, -0.1) is 5.54 Å². The lowest BCUT2D eigenvalue weighted by Crippen LogP contribution is -2.30. The third-order valence-corrected chi connectivity index (χ3v) is 11.1. The van der Waals surface area contributed by atoms with E-state index in [1.807, 2.05) is 20.8 Å². The van der Waals surface area contributed by atoms with E-state index in [-0.39, 0.29) is 5.57 Å². The summed E-state index contributed by atoms with van der Waals surface area (Å²) in [4.78, 5) is 0. The smallest absolute Gasteiger partial charge is 0.365 e. The Morgan fingerprint density at radius 2 is 1.23 bits per heavy atom. The van der Waals surface area contributed by atoms with Crippen LogP contribution in [-0.2, 0) is 14.3 Å². The van der Waals surface area contributed by atoms with Crippen LogP contribution in [0.2, 0.25) is 18.1 Å². The summed E-state index contributed by atoms with van der Waals surface area (Å²) < 4.78 is 67.9. The average Bonchev–Trinajstić information content (AvgIpc) is 2.85. The van der Waals surface area contributed by atoms with Crippen LogP contribution in [0, 0.1) is 35.1 Å². The molecule has 0 atom stereocenters. The maximum absolute atomic E-state index is 13.2. The molecule has 0 saturated heterocycles. The van der Waals surface area contributed by atoms with Crippen molar-refractivity contribution in [2.45, 2.75) is 44.4 Å². The third-order valence-electron chi connectivity index (χ3n) is 5.39. The first-order chi connectivity index (χ1) is 16.6. The largest absolute Gasteiger partial charge is 0.534 e. The van der Waals surface area contributed by atoms with E-state index < -0.39 is 29.5 Å². The molecule has 0 fully saturated rings. The van der Waals surface area contributed by atoms with E-state index in [2.05, 4.69) is 39.3 Å². The predicted octanol–water partition coefficient (Wildman–Crippen LogP) is 6.26. The molecule has 0 N–H and O–H groups in total. The summed E-state index contributed by atoms with van der Waals surface area (Å²) in [5.74, 6) is 12.8. The zero-order valence-corrected chi connectivity index (χ0v) is 21.5. The second-order valence-corrected chi connectivity index (χ2v) is 14.0. The fourth-order valence-electron chi connectivity index (χ4n) is 2.94. The molecule has 0 aliphatic heterocycles. The second-order valence-electron chi connectivity index (χ2n) is 7.51. The van der Waals surface area contributed by atoms with Gasteiger partial charge in [-0.25, -0.2) is 0 Å². The zero-order chi connectivity index (χ0) is 26.0. The van der Waals surface area contributed by atoms with Crippen LogP contribution in [-0.4, -0.2) is 22.0 Å². The van der Waals surface area contributed by atoms with E-state index in [4.69, 9.17) is 0 Å². The molecule has 3 nitrogen and oxygen atoms in total. The number of benzene rings is 2. The Morgan fingerprint density at radius 3 is 1.60 bits per heavy atom. The van der Waals surface area contributed by atoms with Crippen molar-refractivity contribution in [3.8, 4) is 35.1 Å². The summed E-state index contributed by atoms with van der Waals surface area (Å²) >= 11 is 0. The molecule has 0 spiro atoms. The molecule has 0 aliphatic carbocycles. The van der Waals surface area contributed by atoms with Gasteiger partial charge in [0.05, 0.1) is 0 Å². The summed E-state index contributed by atoms with van der Waals surface area (Å²) in [7, 11) is -8.14. The number of allylic oxidation sites excluding steroid dienone is 2. The lowest BCUT2D eigenvalue weighted by atomic mass is 10.1. The topological polar surface area (TPSA) is 43.4 Å². The van der Waals surface area contributed by atoms with Gasteiger partial charge in [-0.2, -0.15) is 21.6 Å². The molecular weight excluding hydrogens is 489 g/mol. The molecule has 0 heterocycles. The van der Waals surface area contributed by atoms with E-state index >= 15 is 0 Å². The first-order valence-corrected chi connectivity index (χ1v) is 15.0. The van der Waals surface area contributed by atoms with E-state index in [0.29, 0.717) is 11.1 Å².